The Hall–Kier alpha value is -2.14. The van der Waals surface area contributed by atoms with Crippen LogP contribution in [-0.4, -0.2) is 18.4 Å². The molecule has 0 aromatic heterocycles. The number of nitrogens with one attached hydrogen (secondary N) is 1. The molecule has 1 aliphatic heterocycles. The highest BCUT2D eigenvalue weighted by Crippen LogP contribution is 2.28. The van der Waals surface area contributed by atoms with Crippen LogP contribution in [0.15, 0.2) is 48.5 Å². The normalized spacial score (nSPS) is 12.6. The largest absolute Gasteiger partial charge is 0.462 e. The molecule has 1 N–H and O–H groups in total. The van der Waals surface area contributed by atoms with Crippen LogP contribution < -0.4 is 4.90 Å². The van der Waals surface area contributed by atoms with E-state index in [9.17, 15) is 4.79 Å². The Balaban J connectivity index is 0.00000176. The zero-order chi connectivity index (χ0) is 14.8. The van der Waals surface area contributed by atoms with Crippen LogP contribution in [0.5, 0.6) is 0 Å². The van der Waals surface area contributed by atoms with E-state index in [4.69, 9.17) is 10.1 Å². The molecule has 114 valence electrons. The molecule has 2 aromatic carbocycles. The lowest BCUT2D eigenvalue weighted by Gasteiger charge is -2.18. The lowest BCUT2D eigenvalue weighted by Crippen LogP contribution is -2.23. The average Bonchev–Trinajstić information content (AvgIpc) is 2.85. The molecule has 0 atom stereocenters. The van der Waals surface area contributed by atoms with Gasteiger partial charge in [0.2, 0.25) is 0 Å². The van der Waals surface area contributed by atoms with Gasteiger partial charge in [0, 0.05) is 11.3 Å². The fourth-order valence-corrected chi connectivity index (χ4v) is 2.50. The van der Waals surface area contributed by atoms with Crippen molar-refractivity contribution in [2.75, 3.05) is 11.5 Å². The fraction of sp³-hybridized carbons (Fsp3) is 0.176. The summed E-state index contributed by atoms with van der Waals surface area (Å²) in [6.07, 6.45) is 0. The van der Waals surface area contributed by atoms with Crippen molar-refractivity contribution >= 4 is 34.5 Å². The van der Waals surface area contributed by atoms with Gasteiger partial charge in [-0.1, -0.05) is 24.3 Å². The van der Waals surface area contributed by atoms with Gasteiger partial charge in [-0.2, -0.15) is 0 Å². The van der Waals surface area contributed by atoms with E-state index in [1.165, 1.54) is 0 Å². The summed E-state index contributed by atoms with van der Waals surface area (Å²) in [5, 5.41) is 8.26. The second-order valence-electron chi connectivity index (χ2n) is 4.86. The zero-order valence-corrected chi connectivity index (χ0v) is 13.9. The number of esters is 1. The molecule has 0 fully saturated rings. The van der Waals surface area contributed by atoms with Gasteiger partial charge in [-0.25, -0.2) is 4.79 Å². The number of fused-ring (bicyclic) bond motifs is 1. The van der Waals surface area contributed by atoms with Crippen LogP contribution in [0.4, 0.5) is 5.69 Å². The second kappa shape index (κ2) is 6.75. The smallest absolute Gasteiger partial charge is 0.338 e. The summed E-state index contributed by atoms with van der Waals surface area (Å²) >= 11 is 0. The van der Waals surface area contributed by atoms with E-state index in [0.717, 1.165) is 16.8 Å². The van der Waals surface area contributed by atoms with Crippen molar-refractivity contribution in [2.24, 2.45) is 0 Å². The number of rotatable bonds is 3. The fourth-order valence-electron chi connectivity index (χ4n) is 2.50. The molecule has 3 rings (SSSR count). The number of halogens is 1. The molecule has 1 heterocycles. The summed E-state index contributed by atoms with van der Waals surface area (Å²) in [5.41, 5.74) is 3.55. The maximum atomic E-state index is 11.6. The zero-order valence-electron chi connectivity index (χ0n) is 12.2. The maximum Gasteiger partial charge on any atom is 0.338 e. The highest BCUT2D eigenvalue weighted by Gasteiger charge is 2.24. The number of carbonyl (C=O) groups excluding carboxylic acids is 1. The van der Waals surface area contributed by atoms with E-state index in [0.29, 0.717) is 24.6 Å². The third-order valence-corrected chi connectivity index (χ3v) is 3.56. The van der Waals surface area contributed by atoms with Crippen molar-refractivity contribution < 1.29 is 9.53 Å². The first kappa shape index (κ1) is 16.2. The van der Waals surface area contributed by atoms with E-state index in [-0.39, 0.29) is 23.0 Å². The number of hydrogen-bond donors (Lipinski definition) is 1. The summed E-state index contributed by atoms with van der Waals surface area (Å²) in [4.78, 5) is 13.6. The minimum Gasteiger partial charge on any atom is -0.462 e. The van der Waals surface area contributed by atoms with Crippen molar-refractivity contribution in [3.8, 4) is 0 Å². The first-order chi connectivity index (χ1) is 10.2. The van der Waals surface area contributed by atoms with Crippen molar-refractivity contribution in [3.05, 3.63) is 65.2 Å². The van der Waals surface area contributed by atoms with Crippen LogP contribution in [-0.2, 0) is 11.3 Å². The number of benzene rings is 2. The van der Waals surface area contributed by atoms with Gasteiger partial charge in [0.25, 0.3) is 0 Å². The topological polar surface area (TPSA) is 53.4 Å². The summed E-state index contributed by atoms with van der Waals surface area (Å²) in [6, 6.07) is 15.1. The van der Waals surface area contributed by atoms with Gasteiger partial charge in [0.15, 0.2) is 0 Å². The van der Waals surface area contributed by atoms with Crippen molar-refractivity contribution in [2.45, 2.75) is 13.5 Å². The molecule has 4 nitrogen and oxygen atoms in total. The number of amidine groups is 1. The molecule has 0 saturated heterocycles. The second-order valence-corrected chi connectivity index (χ2v) is 4.86. The molecule has 0 bridgehead atoms. The summed E-state index contributed by atoms with van der Waals surface area (Å²) in [6.45, 7) is 2.84. The van der Waals surface area contributed by atoms with Crippen LogP contribution in [0.25, 0.3) is 0 Å². The summed E-state index contributed by atoms with van der Waals surface area (Å²) < 4.78 is 4.97. The third-order valence-electron chi connectivity index (χ3n) is 3.56. The number of hydrogen-bond acceptors (Lipinski definition) is 3. The first-order valence-corrected chi connectivity index (χ1v) is 6.92. The molecule has 0 unspecified atom stereocenters. The van der Waals surface area contributed by atoms with Crippen LogP contribution in [0.1, 0.15) is 28.4 Å². The molecular weight excluding hydrogens is 344 g/mol. The van der Waals surface area contributed by atoms with Gasteiger partial charge in [-0.3, -0.25) is 5.41 Å². The highest BCUT2D eigenvalue weighted by molar-refractivity contribution is 8.93. The van der Waals surface area contributed by atoms with Gasteiger partial charge in [0.05, 0.1) is 18.7 Å². The molecule has 0 aliphatic carbocycles. The van der Waals surface area contributed by atoms with Crippen molar-refractivity contribution in [3.63, 3.8) is 0 Å². The SMILES string of the molecule is Br.CCOC(=O)c1ccc(N2Cc3ccccc3C2=N)cc1. The molecule has 0 spiro atoms. The summed E-state index contributed by atoms with van der Waals surface area (Å²) in [5.74, 6) is 0.179. The Morgan fingerprint density at radius 2 is 1.86 bits per heavy atom. The van der Waals surface area contributed by atoms with Crippen LogP contribution in [0.2, 0.25) is 0 Å². The van der Waals surface area contributed by atoms with Gasteiger partial charge in [0.1, 0.15) is 5.84 Å². The Labute approximate surface area is 140 Å². The van der Waals surface area contributed by atoms with Gasteiger partial charge >= 0.3 is 5.97 Å². The lowest BCUT2D eigenvalue weighted by molar-refractivity contribution is 0.0526. The Morgan fingerprint density at radius 1 is 1.18 bits per heavy atom. The van der Waals surface area contributed by atoms with Crippen LogP contribution >= 0.6 is 17.0 Å². The minimum atomic E-state index is -0.316. The maximum absolute atomic E-state index is 11.6. The number of ether oxygens (including phenoxy) is 1. The molecule has 1 aliphatic rings. The molecular formula is C17H17BrN2O2. The predicted octanol–water partition coefficient (Wildman–Crippen LogP) is 3.79. The Kier molecular flexibility index (Phi) is 4.98. The molecule has 0 saturated carbocycles. The molecule has 2 aromatic rings. The van der Waals surface area contributed by atoms with Gasteiger partial charge in [-0.05, 0) is 36.8 Å². The first-order valence-electron chi connectivity index (χ1n) is 6.92. The molecule has 22 heavy (non-hydrogen) atoms. The van der Waals surface area contributed by atoms with Crippen molar-refractivity contribution in [1.29, 1.82) is 5.41 Å². The quantitative estimate of drug-likeness (QED) is 0.847. The Bertz CT molecular complexity index is 698. The van der Waals surface area contributed by atoms with Crippen LogP contribution in [0.3, 0.4) is 0 Å². The Morgan fingerprint density at radius 3 is 2.50 bits per heavy atom. The van der Waals surface area contributed by atoms with E-state index >= 15 is 0 Å². The van der Waals surface area contributed by atoms with Gasteiger partial charge < -0.3 is 9.64 Å². The molecule has 0 amide bonds. The standard InChI is InChI=1S/C17H16N2O2.BrH/c1-2-21-17(20)12-7-9-14(10-8-12)19-11-13-5-3-4-6-15(13)16(19)18;/h3-10,18H,2,11H2,1H3;1H. The number of nitrogens with zero attached hydrogens (tertiary/aromatic N) is 1. The molecule has 0 radical (unpaired) electrons. The number of carbonyl (C=O) groups is 1. The predicted molar refractivity (Wildman–Crippen MR) is 92.2 cm³/mol. The third kappa shape index (κ3) is 2.90. The van der Waals surface area contributed by atoms with Crippen LogP contribution in [0, 0.1) is 5.41 Å². The van der Waals surface area contributed by atoms with E-state index < -0.39 is 0 Å². The van der Waals surface area contributed by atoms with E-state index in [1.807, 2.05) is 41.3 Å². The van der Waals surface area contributed by atoms with Crippen molar-refractivity contribution in [1.82, 2.24) is 0 Å². The number of anilines is 1. The lowest BCUT2D eigenvalue weighted by atomic mass is 10.1. The highest BCUT2D eigenvalue weighted by atomic mass is 79.9. The average molecular weight is 361 g/mol. The molecule has 5 heteroatoms. The van der Waals surface area contributed by atoms with E-state index in [1.54, 1.807) is 19.1 Å². The summed E-state index contributed by atoms with van der Waals surface area (Å²) in [7, 11) is 0. The van der Waals surface area contributed by atoms with Gasteiger partial charge in [-0.15, -0.1) is 17.0 Å². The minimum absolute atomic E-state index is 0. The monoisotopic (exact) mass is 360 g/mol. The van der Waals surface area contributed by atoms with E-state index in [2.05, 4.69) is 0 Å².